The van der Waals surface area contributed by atoms with E-state index in [1.165, 1.54) is 17.7 Å². The fourth-order valence-corrected chi connectivity index (χ4v) is 7.77. The molecule has 6 amide bonds. The van der Waals surface area contributed by atoms with E-state index in [0.29, 0.717) is 40.4 Å². The van der Waals surface area contributed by atoms with E-state index in [0.717, 1.165) is 15.4 Å². The van der Waals surface area contributed by atoms with Gasteiger partial charge in [0.05, 0.1) is 62.9 Å². The summed E-state index contributed by atoms with van der Waals surface area (Å²) in [4.78, 5) is 94.0. The number of anilines is 1. The lowest BCUT2D eigenvalue weighted by molar-refractivity contribution is -0.143. The number of carboxylic acids is 1. The van der Waals surface area contributed by atoms with E-state index >= 15 is 0 Å². The molecule has 1 fully saturated rings. The van der Waals surface area contributed by atoms with Gasteiger partial charge in [0.25, 0.3) is 17.4 Å². The highest BCUT2D eigenvalue weighted by Crippen LogP contribution is 2.40. The third kappa shape index (κ3) is 8.82. The van der Waals surface area contributed by atoms with Crippen molar-refractivity contribution < 1.29 is 52.8 Å². The van der Waals surface area contributed by atoms with Gasteiger partial charge in [-0.1, -0.05) is 6.07 Å². The van der Waals surface area contributed by atoms with E-state index in [-0.39, 0.29) is 82.0 Å². The van der Waals surface area contributed by atoms with Crippen molar-refractivity contribution in [2.45, 2.75) is 37.9 Å². The number of carbonyl (C=O) groups excluding carboxylic acids is 5. The zero-order chi connectivity index (χ0) is 43.2. The fraction of sp³-hybridized carbons (Fsp3) is 0.439. The number of aryl methyl sites for hydroxylation is 1. The van der Waals surface area contributed by atoms with Gasteiger partial charge in [-0.05, 0) is 62.3 Å². The van der Waals surface area contributed by atoms with Gasteiger partial charge < -0.3 is 49.1 Å². The van der Waals surface area contributed by atoms with Crippen LogP contribution in [0.15, 0.2) is 41.3 Å². The SMILES string of the molecule is COc1cc(-c2cn(C)c(=O)c3c2CCN(C(=O)NCCOCCOCCNc2cccc4c2C(=O)N(C2CCC(=O)NC2=O)C4=O)C3C(=O)O)cc(OC)c1CN(C)C. The average Bonchev–Trinajstić information content (AvgIpc) is 3.47. The fourth-order valence-electron chi connectivity index (χ4n) is 7.77. The van der Waals surface area contributed by atoms with Crippen molar-refractivity contribution in [3.63, 3.8) is 0 Å². The highest BCUT2D eigenvalue weighted by molar-refractivity contribution is 6.25. The predicted octanol–water partition coefficient (Wildman–Crippen LogP) is 1.37. The summed E-state index contributed by atoms with van der Waals surface area (Å²) in [6.45, 7) is 1.65. The van der Waals surface area contributed by atoms with Crippen molar-refractivity contribution in [3.8, 4) is 22.6 Å². The summed E-state index contributed by atoms with van der Waals surface area (Å²) in [7, 11) is 8.50. The number of fused-ring (bicyclic) bond motifs is 2. The normalized spacial score (nSPS) is 17.4. The van der Waals surface area contributed by atoms with Crippen molar-refractivity contribution in [2.24, 2.45) is 7.05 Å². The minimum atomic E-state index is -1.54. The molecule has 0 spiro atoms. The lowest BCUT2D eigenvalue weighted by Crippen LogP contribution is -2.54. The highest BCUT2D eigenvalue weighted by Gasteiger charge is 2.46. The third-order valence-corrected chi connectivity index (χ3v) is 10.5. The first kappa shape index (κ1) is 43.3. The molecule has 19 nitrogen and oxygen atoms in total. The summed E-state index contributed by atoms with van der Waals surface area (Å²) in [6.07, 6.45) is 1.98. The van der Waals surface area contributed by atoms with Crippen LogP contribution in [0.4, 0.5) is 10.5 Å². The average molecular weight is 832 g/mol. The van der Waals surface area contributed by atoms with Gasteiger partial charge >= 0.3 is 12.0 Å². The van der Waals surface area contributed by atoms with Crippen LogP contribution in [0.2, 0.25) is 0 Å². The molecule has 1 saturated heterocycles. The molecule has 0 aliphatic carbocycles. The monoisotopic (exact) mass is 831 g/mol. The zero-order valence-electron chi connectivity index (χ0n) is 34.1. The van der Waals surface area contributed by atoms with Crippen molar-refractivity contribution in [1.29, 1.82) is 0 Å². The van der Waals surface area contributed by atoms with Gasteiger partial charge in [0.15, 0.2) is 6.04 Å². The van der Waals surface area contributed by atoms with E-state index in [1.54, 1.807) is 32.5 Å². The second-order valence-corrected chi connectivity index (χ2v) is 14.7. The molecule has 0 bridgehead atoms. The molecule has 2 atom stereocenters. The molecular weight excluding hydrogens is 782 g/mol. The summed E-state index contributed by atoms with van der Waals surface area (Å²) in [5, 5.41) is 18.4. The molecule has 3 aliphatic rings. The second-order valence-electron chi connectivity index (χ2n) is 14.7. The number of aromatic nitrogens is 1. The number of rotatable bonds is 17. The Balaban J connectivity index is 0.986. The molecule has 3 aromatic rings. The largest absolute Gasteiger partial charge is 0.496 e. The van der Waals surface area contributed by atoms with Crippen LogP contribution in [0.1, 0.15) is 56.3 Å². The number of benzene rings is 2. The molecule has 6 rings (SSSR count). The minimum Gasteiger partial charge on any atom is -0.496 e. The van der Waals surface area contributed by atoms with Gasteiger partial charge in [-0.25, -0.2) is 9.59 Å². The number of nitrogens with zero attached hydrogens (tertiary/aromatic N) is 4. The maximum absolute atomic E-state index is 13.6. The molecule has 320 valence electrons. The van der Waals surface area contributed by atoms with Gasteiger partial charge in [-0.3, -0.25) is 34.2 Å². The quantitative estimate of drug-likeness (QED) is 0.111. The van der Waals surface area contributed by atoms with Crippen LogP contribution in [0.25, 0.3) is 11.1 Å². The third-order valence-electron chi connectivity index (χ3n) is 10.5. The van der Waals surface area contributed by atoms with E-state index in [4.69, 9.17) is 18.9 Å². The number of amides is 6. The van der Waals surface area contributed by atoms with Crippen molar-refractivity contribution in [3.05, 3.63) is 74.7 Å². The number of urea groups is 1. The zero-order valence-corrected chi connectivity index (χ0v) is 34.1. The Morgan fingerprint density at radius 2 is 1.60 bits per heavy atom. The van der Waals surface area contributed by atoms with Crippen LogP contribution in [0.3, 0.4) is 0 Å². The number of imide groups is 2. The van der Waals surface area contributed by atoms with Gasteiger partial charge in [-0.15, -0.1) is 0 Å². The van der Waals surface area contributed by atoms with E-state index in [1.807, 2.05) is 31.1 Å². The second kappa shape index (κ2) is 18.7. The number of nitrogens with one attached hydrogen (secondary N) is 3. The number of aliphatic carboxylic acids is 1. The van der Waals surface area contributed by atoms with Crippen LogP contribution in [0, 0.1) is 0 Å². The number of pyridine rings is 1. The topological polar surface area (TPSA) is 227 Å². The highest BCUT2D eigenvalue weighted by atomic mass is 16.5. The molecule has 4 N–H and O–H groups in total. The van der Waals surface area contributed by atoms with Crippen molar-refractivity contribution in [2.75, 3.05) is 79.7 Å². The number of hydrogen-bond donors (Lipinski definition) is 4. The molecule has 60 heavy (non-hydrogen) atoms. The molecule has 2 unspecified atom stereocenters. The number of methoxy groups -OCH3 is 2. The molecule has 0 saturated carbocycles. The Morgan fingerprint density at radius 3 is 2.23 bits per heavy atom. The Labute approximate surface area is 345 Å². The summed E-state index contributed by atoms with van der Waals surface area (Å²) in [5.74, 6) is -2.54. The van der Waals surface area contributed by atoms with Crippen molar-refractivity contribution in [1.82, 2.24) is 29.9 Å². The van der Waals surface area contributed by atoms with Gasteiger partial charge in [0.1, 0.15) is 17.5 Å². The first-order valence-electron chi connectivity index (χ1n) is 19.4. The van der Waals surface area contributed by atoms with E-state index in [9.17, 15) is 38.7 Å². The van der Waals surface area contributed by atoms with Gasteiger partial charge in [0.2, 0.25) is 11.8 Å². The minimum absolute atomic E-state index is 0.00743. The molecular formula is C41H49N7O12. The summed E-state index contributed by atoms with van der Waals surface area (Å²) < 4.78 is 24.0. The Bertz CT molecular complexity index is 2230. The smallest absolute Gasteiger partial charge is 0.331 e. The number of carbonyl (C=O) groups is 6. The first-order chi connectivity index (χ1) is 28.8. The molecule has 19 heteroatoms. The number of piperidine rings is 1. The maximum Gasteiger partial charge on any atom is 0.331 e. The van der Waals surface area contributed by atoms with Crippen molar-refractivity contribution >= 4 is 41.3 Å². The molecule has 4 heterocycles. The number of carboxylic acid groups (broad SMARTS) is 1. The Hall–Kier alpha value is -6.31. The van der Waals surface area contributed by atoms with Crippen LogP contribution >= 0.6 is 0 Å². The van der Waals surface area contributed by atoms with Crippen LogP contribution in [-0.2, 0) is 43.9 Å². The molecule has 2 aromatic carbocycles. The van der Waals surface area contributed by atoms with E-state index < -0.39 is 53.3 Å². The first-order valence-corrected chi connectivity index (χ1v) is 19.4. The van der Waals surface area contributed by atoms with Crippen LogP contribution < -0.4 is 31.0 Å². The maximum atomic E-state index is 13.6. The molecule has 3 aliphatic heterocycles. The summed E-state index contributed by atoms with van der Waals surface area (Å²) in [5.41, 5.74) is 2.88. The van der Waals surface area contributed by atoms with E-state index in [2.05, 4.69) is 16.0 Å². The molecule has 1 aromatic heterocycles. The number of hydrogen-bond acceptors (Lipinski definition) is 13. The van der Waals surface area contributed by atoms with Gasteiger partial charge in [-0.2, -0.15) is 0 Å². The number of ether oxygens (including phenoxy) is 4. The molecule has 0 radical (unpaired) electrons. The lowest BCUT2D eigenvalue weighted by Gasteiger charge is -2.35. The standard InChI is InChI=1S/C41H49N7O12/c1-45(2)21-27-30(57-4)19-23(20-31(27)58-5)26-22-46(3)38(52)34-24(26)11-14-47(35(34)40(54)55)41(56)43-13-16-60-18-17-59-15-12-42-28-8-6-7-25-33(28)39(53)48(37(25)51)29-9-10-32(49)44-36(29)50/h6-8,19-20,22,29,35,42H,9-18,21H2,1-5H3,(H,43,56)(H,54,55)(H,44,49,50). The van der Waals surface area contributed by atoms with Crippen LogP contribution in [-0.4, -0.2) is 140 Å². The Kier molecular flexibility index (Phi) is 13.5. The predicted molar refractivity (Wildman–Crippen MR) is 215 cm³/mol. The lowest BCUT2D eigenvalue weighted by atomic mass is 9.87. The summed E-state index contributed by atoms with van der Waals surface area (Å²) in [6, 6.07) is 5.20. The van der Waals surface area contributed by atoms with Crippen LogP contribution in [0.5, 0.6) is 11.5 Å². The Morgan fingerprint density at radius 1 is 0.917 bits per heavy atom. The van der Waals surface area contributed by atoms with Gasteiger partial charge in [0, 0.05) is 57.1 Å². The summed E-state index contributed by atoms with van der Waals surface area (Å²) >= 11 is 0.